The molecule has 2 aromatic carbocycles. The second-order valence-corrected chi connectivity index (χ2v) is 5.28. The zero-order chi connectivity index (χ0) is 15.0. The van der Waals surface area contributed by atoms with Crippen LogP contribution in [0.4, 0.5) is 0 Å². The molecule has 110 valence electrons. The number of carbonyl (C=O) groups is 1. The van der Waals surface area contributed by atoms with Crippen LogP contribution in [0.1, 0.15) is 19.4 Å². The summed E-state index contributed by atoms with van der Waals surface area (Å²) in [5.74, 6) is 0.531. The Balaban J connectivity index is 1.90. The van der Waals surface area contributed by atoms with E-state index in [0.717, 1.165) is 22.1 Å². The Morgan fingerprint density at radius 3 is 2.67 bits per heavy atom. The Kier molecular flexibility index (Phi) is 3.33. The fraction of sp³-hybridized carbons (Fsp3) is 0.353. The van der Waals surface area contributed by atoms with Gasteiger partial charge in [0.25, 0.3) is 0 Å². The van der Waals surface area contributed by atoms with Crippen LogP contribution >= 0.6 is 0 Å². The summed E-state index contributed by atoms with van der Waals surface area (Å²) in [6.07, 6.45) is -0.506. The molecular formula is C17H18O4. The predicted octanol–water partition coefficient (Wildman–Crippen LogP) is 3.03. The zero-order valence-corrected chi connectivity index (χ0v) is 12.4. The fourth-order valence-electron chi connectivity index (χ4n) is 2.58. The Hall–Kier alpha value is -2.07. The summed E-state index contributed by atoms with van der Waals surface area (Å²) < 4.78 is 15.8. The van der Waals surface area contributed by atoms with Gasteiger partial charge in [0.05, 0.1) is 13.7 Å². The minimum atomic E-state index is -0.583. The summed E-state index contributed by atoms with van der Waals surface area (Å²) >= 11 is 0. The number of methoxy groups -OCH3 is 1. The molecule has 4 nitrogen and oxygen atoms in total. The van der Waals surface area contributed by atoms with Crippen molar-refractivity contribution in [3.8, 4) is 5.75 Å². The normalized spacial score (nSPS) is 23.9. The van der Waals surface area contributed by atoms with Crippen molar-refractivity contribution in [2.75, 3.05) is 13.7 Å². The first-order valence-corrected chi connectivity index (χ1v) is 7.01. The van der Waals surface area contributed by atoms with Crippen molar-refractivity contribution in [2.45, 2.75) is 25.6 Å². The first-order chi connectivity index (χ1) is 10.1. The summed E-state index contributed by atoms with van der Waals surface area (Å²) in [6.45, 7) is 4.08. The molecule has 0 amide bonds. The third-order valence-electron chi connectivity index (χ3n) is 3.93. The van der Waals surface area contributed by atoms with Gasteiger partial charge in [-0.15, -0.1) is 0 Å². The first kappa shape index (κ1) is 13.9. The third kappa shape index (κ3) is 2.36. The lowest BCUT2D eigenvalue weighted by Gasteiger charge is -2.09. The molecule has 0 bridgehead atoms. The van der Waals surface area contributed by atoms with Gasteiger partial charge in [-0.05, 0) is 48.4 Å². The second kappa shape index (κ2) is 5.04. The topological polar surface area (TPSA) is 48.1 Å². The zero-order valence-electron chi connectivity index (χ0n) is 12.4. The van der Waals surface area contributed by atoms with Crippen molar-refractivity contribution < 1.29 is 19.0 Å². The van der Waals surface area contributed by atoms with E-state index in [1.807, 2.05) is 43.3 Å². The summed E-state index contributed by atoms with van der Waals surface area (Å²) in [4.78, 5) is 11.8. The Labute approximate surface area is 123 Å². The lowest BCUT2D eigenvalue weighted by Crippen LogP contribution is -2.18. The number of fused-ring (bicyclic) bond motifs is 1. The highest BCUT2D eigenvalue weighted by molar-refractivity contribution is 5.86. The highest BCUT2D eigenvalue weighted by Gasteiger charge is 2.59. The average molecular weight is 286 g/mol. The second-order valence-electron chi connectivity index (χ2n) is 5.28. The van der Waals surface area contributed by atoms with Gasteiger partial charge in [-0.3, -0.25) is 0 Å². The van der Waals surface area contributed by atoms with Gasteiger partial charge in [0.15, 0.2) is 6.10 Å². The predicted molar refractivity (Wildman–Crippen MR) is 79.4 cm³/mol. The smallest absolute Gasteiger partial charge is 0.338 e. The van der Waals surface area contributed by atoms with E-state index in [4.69, 9.17) is 14.2 Å². The molecule has 2 atom stereocenters. The lowest BCUT2D eigenvalue weighted by molar-refractivity contribution is -0.144. The summed E-state index contributed by atoms with van der Waals surface area (Å²) in [5, 5.41) is 2.18. The minimum Gasteiger partial charge on any atom is -0.497 e. The monoisotopic (exact) mass is 286 g/mol. The van der Waals surface area contributed by atoms with Crippen LogP contribution in [0.5, 0.6) is 5.75 Å². The molecule has 3 rings (SSSR count). The number of epoxide rings is 1. The Morgan fingerprint density at radius 2 is 1.95 bits per heavy atom. The highest BCUT2D eigenvalue weighted by Crippen LogP contribution is 2.47. The highest BCUT2D eigenvalue weighted by atomic mass is 16.7. The van der Waals surface area contributed by atoms with E-state index < -0.39 is 11.7 Å². The van der Waals surface area contributed by atoms with Crippen LogP contribution < -0.4 is 4.74 Å². The molecule has 2 unspecified atom stereocenters. The van der Waals surface area contributed by atoms with Crippen LogP contribution in [0.2, 0.25) is 0 Å². The maximum absolute atomic E-state index is 11.8. The van der Waals surface area contributed by atoms with Gasteiger partial charge in [0, 0.05) is 0 Å². The molecular weight excluding hydrogens is 268 g/mol. The van der Waals surface area contributed by atoms with E-state index in [1.54, 1.807) is 14.0 Å². The molecule has 0 radical (unpaired) electrons. The van der Waals surface area contributed by atoms with E-state index in [2.05, 4.69) is 0 Å². The van der Waals surface area contributed by atoms with E-state index in [9.17, 15) is 4.79 Å². The molecule has 1 heterocycles. The molecule has 0 aliphatic carbocycles. The van der Waals surface area contributed by atoms with Crippen molar-refractivity contribution in [3.63, 3.8) is 0 Å². The molecule has 0 N–H and O–H groups in total. The van der Waals surface area contributed by atoms with Crippen molar-refractivity contribution in [1.29, 1.82) is 0 Å². The molecule has 4 heteroatoms. The third-order valence-corrected chi connectivity index (χ3v) is 3.93. The lowest BCUT2D eigenvalue weighted by atomic mass is 9.95. The van der Waals surface area contributed by atoms with Gasteiger partial charge in [0.2, 0.25) is 0 Å². The average Bonchev–Trinajstić information content (AvgIpc) is 3.20. The standard InChI is InChI=1S/C17H18O4/c1-4-20-16(18)15-17(2,21-15)13-7-5-12-10-14(19-3)8-6-11(12)9-13/h5-10,15H,4H2,1-3H3. The van der Waals surface area contributed by atoms with Crippen LogP contribution in [0.15, 0.2) is 36.4 Å². The molecule has 0 aromatic heterocycles. The van der Waals surface area contributed by atoms with E-state index in [1.165, 1.54) is 0 Å². The summed E-state index contributed by atoms with van der Waals surface area (Å²) in [5.41, 5.74) is 0.401. The SMILES string of the molecule is CCOC(=O)C1OC1(C)c1ccc2cc(OC)ccc2c1. The molecule has 1 aliphatic heterocycles. The fourth-order valence-corrected chi connectivity index (χ4v) is 2.58. The Bertz CT molecular complexity index is 694. The van der Waals surface area contributed by atoms with E-state index >= 15 is 0 Å². The molecule has 0 saturated carbocycles. The van der Waals surface area contributed by atoms with Crippen LogP contribution in [0.3, 0.4) is 0 Å². The number of esters is 1. The largest absolute Gasteiger partial charge is 0.497 e. The van der Waals surface area contributed by atoms with Gasteiger partial charge < -0.3 is 14.2 Å². The minimum absolute atomic E-state index is 0.296. The van der Waals surface area contributed by atoms with Crippen LogP contribution in [0, 0.1) is 0 Å². The number of carbonyl (C=O) groups excluding carboxylic acids is 1. The van der Waals surface area contributed by atoms with Gasteiger partial charge in [0.1, 0.15) is 11.4 Å². The van der Waals surface area contributed by atoms with E-state index in [0.29, 0.717) is 6.61 Å². The van der Waals surface area contributed by atoms with Crippen molar-refractivity contribution in [2.24, 2.45) is 0 Å². The molecule has 1 fully saturated rings. The van der Waals surface area contributed by atoms with Crippen molar-refractivity contribution >= 4 is 16.7 Å². The maximum Gasteiger partial charge on any atom is 0.338 e. The maximum atomic E-state index is 11.8. The molecule has 2 aromatic rings. The van der Waals surface area contributed by atoms with Crippen LogP contribution in [-0.2, 0) is 19.9 Å². The van der Waals surface area contributed by atoms with E-state index in [-0.39, 0.29) is 5.97 Å². The summed E-state index contributed by atoms with van der Waals surface area (Å²) in [7, 11) is 1.65. The number of rotatable bonds is 4. The number of hydrogen-bond donors (Lipinski definition) is 0. The number of benzene rings is 2. The molecule has 0 spiro atoms. The van der Waals surface area contributed by atoms with Crippen molar-refractivity contribution in [3.05, 3.63) is 42.0 Å². The van der Waals surface area contributed by atoms with Gasteiger partial charge in [-0.2, -0.15) is 0 Å². The quantitative estimate of drug-likeness (QED) is 0.640. The summed E-state index contributed by atoms with van der Waals surface area (Å²) in [6, 6.07) is 12.0. The molecule has 1 aliphatic rings. The van der Waals surface area contributed by atoms with Gasteiger partial charge in [-0.25, -0.2) is 4.79 Å². The van der Waals surface area contributed by atoms with Crippen molar-refractivity contribution in [1.82, 2.24) is 0 Å². The number of hydrogen-bond acceptors (Lipinski definition) is 4. The van der Waals surface area contributed by atoms with Crippen LogP contribution in [0.25, 0.3) is 10.8 Å². The van der Waals surface area contributed by atoms with Gasteiger partial charge >= 0.3 is 5.97 Å². The molecule has 21 heavy (non-hydrogen) atoms. The Morgan fingerprint density at radius 1 is 1.24 bits per heavy atom. The first-order valence-electron chi connectivity index (χ1n) is 7.01. The van der Waals surface area contributed by atoms with Crippen LogP contribution in [-0.4, -0.2) is 25.8 Å². The molecule has 1 saturated heterocycles. The van der Waals surface area contributed by atoms with Gasteiger partial charge in [-0.1, -0.05) is 18.2 Å². The number of ether oxygens (including phenoxy) is 3.